The maximum Gasteiger partial charge on any atom is 0.320 e. The van der Waals surface area contributed by atoms with E-state index in [9.17, 15) is 14.7 Å². The van der Waals surface area contributed by atoms with E-state index >= 15 is 0 Å². The summed E-state index contributed by atoms with van der Waals surface area (Å²) in [6.45, 7) is 2.81. The minimum atomic E-state index is -0.770. The average Bonchev–Trinajstić information content (AvgIpc) is 3.06. The molecule has 1 atom stereocenters. The number of nitrogens with zero attached hydrogens (tertiary/aromatic N) is 2. The second kappa shape index (κ2) is 5.39. The van der Waals surface area contributed by atoms with Gasteiger partial charge in [0.25, 0.3) is 0 Å². The van der Waals surface area contributed by atoms with Crippen LogP contribution in [-0.2, 0) is 4.79 Å². The number of carboxylic acid groups (broad SMARTS) is 1. The molecule has 1 saturated heterocycles. The molecule has 5 heteroatoms. The van der Waals surface area contributed by atoms with Gasteiger partial charge in [-0.2, -0.15) is 0 Å². The number of aliphatic carboxylic acids is 1. The van der Waals surface area contributed by atoms with Crippen LogP contribution in [0.15, 0.2) is 0 Å². The van der Waals surface area contributed by atoms with E-state index in [0.29, 0.717) is 32.0 Å². The normalized spacial score (nSPS) is 27.8. The predicted molar refractivity (Wildman–Crippen MR) is 72.0 cm³/mol. The molecule has 0 aromatic heterocycles. The van der Waals surface area contributed by atoms with Crippen LogP contribution in [0.2, 0.25) is 0 Å². The Kier molecular flexibility index (Phi) is 4.02. The van der Waals surface area contributed by atoms with Crippen molar-refractivity contribution in [3.63, 3.8) is 0 Å². The summed E-state index contributed by atoms with van der Waals surface area (Å²) in [5, 5.41) is 9.36. The van der Waals surface area contributed by atoms with Gasteiger partial charge in [0.1, 0.15) is 0 Å². The van der Waals surface area contributed by atoms with Crippen LogP contribution in [0.1, 0.15) is 45.4 Å². The molecule has 2 fully saturated rings. The summed E-state index contributed by atoms with van der Waals surface area (Å²) in [5.41, 5.74) is -0.730. The van der Waals surface area contributed by atoms with Crippen LogP contribution in [0, 0.1) is 5.41 Å². The predicted octanol–water partition coefficient (Wildman–Crippen LogP) is 2.17. The Hall–Kier alpha value is -1.26. The third kappa shape index (κ3) is 2.55. The van der Waals surface area contributed by atoms with E-state index in [4.69, 9.17) is 0 Å². The first-order chi connectivity index (χ1) is 9.00. The summed E-state index contributed by atoms with van der Waals surface area (Å²) in [6.07, 6.45) is 5.69. The number of hydrogen-bond acceptors (Lipinski definition) is 2. The number of carbonyl (C=O) groups excluding carboxylic acids is 1. The molecular weight excluding hydrogens is 244 g/mol. The molecule has 108 valence electrons. The quantitative estimate of drug-likeness (QED) is 0.853. The molecule has 1 aliphatic heterocycles. The summed E-state index contributed by atoms with van der Waals surface area (Å²) < 4.78 is 0. The Balaban J connectivity index is 1.99. The summed E-state index contributed by atoms with van der Waals surface area (Å²) in [4.78, 5) is 27.4. The highest BCUT2D eigenvalue weighted by atomic mass is 16.4. The van der Waals surface area contributed by atoms with E-state index < -0.39 is 11.4 Å². The summed E-state index contributed by atoms with van der Waals surface area (Å²) in [7, 11) is 1.85. The van der Waals surface area contributed by atoms with Gasteiger partial charge in [-0.25, -0.2) is 4.79 Å². The van der Waals surface area contributed by atoms with Crippen molar-refractivity contribution in [2.24, 2.45) is 5.41 Å². The van der Waals surface area contributed by atoms with Crippen LogP contribution < -0.4 is 0 Å². The smallest absolute Gasteiger partial charge is 0.320 e. The topological polar surface area (TPSA) is 60.9 Å². The summed E-state index contributed by atoms with van der Waals surface area (Å²) >= 11 is 0. The van der Waals surface area contributed by atoms with E-state index in [1.54, 1.807) is 4.90 Å². The third-order valence-electron chi connectivity index (χ3n) is 4.93. The van der Waals surface area contributed by atoms with Gasteiger partial charge in [-0.1, -0.05) is 19.8 Å². The van der Waals surface area contributed by atoms with E-state index in [2.05, 4.69) is 0 Å². The fourth-order valence-electron chi connectivity index (χ4n) is 3.32. The standard InChI is InChI=1S/C14H24N2O3/c1-3-14(12(17)18)8-9-16(10-14)13(19)15(2)11-6-4-5-7-11/h11H,3-10H2,1-2H3,(H,17,18). The van der Waals surface area contributed by atoms with Crippen molar-refractivity contribution in [2.45, 2.75) is 51.5 Å². The van der Waals surface area contributed by atoms with Crippen molar-refractivity contribution in [1.29, 1.82) is 0 Å². The molecule has 0 aromatic rings. The van der Waals surface area contributed by atoms with Crippen LogP contribution in [0.5, 0.6) is 0 Å². The fraction of sp³-hybridized carbons (Fsp3) is 0.857. The maximum atomic E-state index is 12.4. The van der Waals surface area contributed by atoms with Gasteiger partial charge in [0.05, 0.1) is 5.41 Å². The van der Waals surface area contributed by atoms with E-state index in [0.717, 1.165) is 12.8 Å². The lowest BCUT2D eigenvalue weighted by molar-refractivity contribution is -0.148. The number of hydrogen-bond donors (Lipinski definition) is 1. The lowest BCUT2D eigenvalue weighted by atomic mass is 9.84. The highest BCUT2D eigenvalue weighted by Crippen LogP contribution is 2.35. The zero-order valence-corrected chi connectivity index (χ0v) is 11.9. The van der Waals surface area contributed by atoms with Crippen LogP contribution in [0.25, 0.3) is 0 Å². The minimum absolute atomic E-state index is 0.00322. The molecule has 0 radical (unpaired) electrons. The zero-order chi connectivity index (χ0) is 14.0. The average molecular weight is 268 g/mol. The van der Waals surface area contributed by atoms with Crippen LogP contribution >= 0.6 is 0 Å². The number of likely N-dealkylation sites (tertiary alicyclic amines) is 1. The molecule has 19 heavy (non-hydrogen) atoms. The number of rotatable bonds is 3. The highest BCUT2D eigenvalue weighted by molar-refractivity contribution is 5.79. The first-order valence-corrected chi connectivity index (χ1v) is 7.25. The van der Waals surface area contributed by atoms with Gasteiger partial charge in [-0.3, -0.25) is 4.79 Å². The van der Waals surface area contributed by atoms with Crippen molar-refractivity contribution in [1.82, 2.24) is 9.80 Å². The van der Waals surface area contributed by atoms with Gasteiger partial charge in [0.2, 0.25) is 0 Å². The first kappa shape index (κ1) is 14.2. The monoisotopic (exact) mass is 268 g/mol. The molecule has 2 rings (SSSR count). The molecule has 1 unspecified atom stereocenters. The summed E-state index contributed by atoms with van der Waals surface area (Å²) in [6, 6.07) is 0.345. The lowest BCUT2D eigenvalue weighted by Crippen LogP contribution is -2.45. The van der Waals surface area contributed by atoms with Crippen molar-refractivity contribution in [3.8, 4) is 0 Å². The van der Waals surface area contributed by atoms with Gasteiger partial charge >= 0.3 is 12.0 Å². The van der Waals surface area contributed by atoms with E-state index in [1.807, 2.05) is 18.9 Å². The van der Waals surface area contributed by atoms with Crippen molar-refractivity contribution in [2.75, 3.05) is 20.1 Å². The molecule has 0 bridgehead atoms. The first-order valence-electron chi connectivity index (χ1n) is 7.25. The highest BCUT2D eigenvalue weighted by Gasteiger charge is 2.45. The molecule has 0 aromatic carbocycles. The molecular formula is C14H24N2O3. The maximum absolute atomic E-state index is 12.4. The molecule has 1 aliphatic carbocycles. The van der Waals surface area contributed by atoms with E-state index in [-0.39, 0.29) is 6.03 Å². The fourth-order valence-corrected chi connectivity index (χ4v) is 3.32. The van der Waals surface area contributed by atoms with Crippen molar-refractivity contribution >= 4 is 12.0 Å². The van der Waals surface area contributed by atoms with Crippen molar-refractivity contribution in [3.05, 3.63) is 0 Å². The Morgan fingerprint density at radius 1 is 1.37 bits per heavy atom. The molecule has 1 saturated carbocycles. The molecule has 1 heterocycles. The molecule has 2 aliphatic rings. The van der Waals surface area contributed by atoms with Gasteiger partial charge in [-0.15, -0.1) is 0 Å². The van der Waals surface area contributed by atoms with E-state index in [1.165, 1.54) is 12.8 Å². The Labute approximate surface area is 114 Å². The number of amides is 2. The van der Waals surface area contributed by atoms with Crippen LogP contribution in [0.3, 0.4) is 0 Å². The largest absolute Gasteiger partial charge is 0.481 e. The number of urea groups is 1. The summed E-state index contributed by atoms with van der Waals surface area (Å²) in [5.74, 6) is -0.770. The number of carbonyl (C=O) groups is 2. The molecule has 0 spiro atoms. The Bertz CT molecular complexity index is 366. The van der Waals surface area contributed by atoms with Crippen molar-refractivity contribution < 1.29 is 14.7 Å². The zero-order valence-electron chi connectivity index (χ0n) is 11.9. The molecule has 2 amide bonds. The SMILES string of the molecule is CCC1(C(=O)O)CCN(C(=O)N(C)C2CCCC2)C1. The molecule has 5 nitrogen and oxygen atoms in total. The number of carboxylic acids is 1. The van der Waals surface area contributed by atoms with Gasteiger partial charge in [0, 0.05) is 26.2 Å². The van der Waals surface area contributed by atoms with Crippen LogP contribution in [0.4, 0.5) is 4.79 Å². The molecule has 1 N–H and O–H groups in total. The Morgan fingerprint density at radius 2 is 2.00 bits per heavy atom. The van der Waals surface area contributed by atoms with Gasteiger partial charge < -0.3 is 14.9 Å². The second-order valence-corrected chi connectivity index (χ2v) is 5.94. The van der Waals surface area contributed by atoms with Gasteiger partial charge in [0.15, 0.2) is 0 Å². The second-order valence-electron chi connectivity index (χ2n) is 5.94. The lowest BCUT2D eigenvalue weighted by Gasteiger charge is -2.30. The Morgan fingerprint density at radius 3 is 2.47 bits per heavy atom. The minimum Gasteiger partial charge on any atom is -0.481 e. The van der Waals surface area contributed by atoms with Crippen LogP contribution in [-0.4, -0.2) is 53.1 Å². The van der Waals surface area contributed by atoms with Gasteiger partial charge in [-0.05, 0) is 25.7 Å². The third-order valence-corrected chi connectivity index (χ3v) is 4.93.